The molecule has 0 saturated carbocycles. The molecule has 0 spiro atoms. The molecule has 2 atom stereocenters. The normalized spacial score (nSPS) is 32.2. The average molecular weight is 144 g/mol. The third-order valence-electron chi connectivity index (χ3n) is 1.61. The lowest BCUT2D eigenvalue weighted by Gasteiger charge is -2.11. The smallest absolute Gasteiger partial charge is 0.302 e. The zero-order chi connectivity index (χ0) is 7.56. The Labute approximate surface area is 60.3 Å². The molecule has 0 aromatic heterocycles. The lowest BCUT2D eigenvalue weighted by atomic mass is 10.1. The molecular weight excluding hydrogens is 132 g/mol. The Balaban J connectivity index is 2.33. The van der Waals surface area contributed by atoms with Crippen molar-refractivity contribution in [2.45, 2.75) is 20.0 Å². The predicted molar refractivity (Wildman–Crippen MR) is 35.5 cm³/mol. The minimum absolute atomic E-state index is 0.0162. The Morgan fingerprint density at radius 3 is 2.70 bits per heavy atom. The number of ether oxygens (including phenoxy) is 2. The van der Waals surface area contributed by atoms with Gasteiger partial charge < -0.3 is 9.47 Å². The second-order valence-electron chi connectivity index (χ2n) is 2.66. The molecule has 1 fully saturated rings. The van der Waals surface area contributed by atoms with Gasteiger partial charge in [-0.2, -0.15) is 0 Å². The fraction of sp³-hybridized carbons (Fsp3) is 0.857. The first-order valence-electron chi connectivity index (χ1n) is 3.45. The van der Waals surface area contributed by atoms with Crippen molar-refractivity contribution in [3.63, 3.8) is 0 Å². The van der Waals surface area contributed by atoms with Gasteiger partial charge in [0.05, 0.1) is 13.2 Å². The zero-order valence-electron chi connectivity index (χ0n) is 6.29. The van der Waals surface area contributed by atoms with Crippen LogP contribution in [0.2, 0.25) is 0 Å². The maximum Gasteiger partial charge on any atom is 0.302 e. The second-order valence-corrected chi connectivity index (χ2v) is 2.66. The van der Waals surface area contributed by atoms with Crippen LogP contribution in [-0.2, 0) is 14.3 Å². The largest absolute Gasteiger partial charge is 0.460 e. The average Bonchev–Trinajstić information content (AvgIpc) is 2.15. The van der Waals surface area contributed by atoms with E-state index in [-0.39, 0.29) is 12.1 Å². The number of carbonyl (C=O) groups is 1. The number of hydrogen-bond acceptors (Lipinski definition) is 3. The van der Waals surface area contributed by atoms with Crippen molar-refractivity contribution in [1.29, 1.82) is 0 Å². The van der Waals surface area contributed by atoms with Gasteiger partial charge in [-0.05, 0) is 0 Å². The summed E-state index contributed by atoms with van der Waals surface area (Å²) in [5, 5.41) is 0. The van der Waals surface area contributed by atoms with Crippen LogP contribution < -0.4 is 0 Å². The van der Waals surface area contributed by atoms with Gasteiger partial charge in [0.2, 0.25) is 0 Å². The van der Waals surface area contributed by atoms with Gasteiger partial charge >= 0.3 is 5.97 Å². The number of carbonyl (C=O) groups excluding carboxylic acids is 1. The van der Waals surface area contributed by atoms with Gasteiger partial charge in [-0.25, -0.2) is 0 Å². The van der Waals surface area contributed by atoms with E-state index in [0.717, 1.165) is 0 Å². The summed E-state index contributed by atoms with van der Waals surface area (Å²) in [5.74, 6) is 0.131. The molecule has 0 aromatic rings. The monoisotopic (exact) mass is 144 g/mol. The molecule has 0 unspecified atom stereocenters. The lowest BCUT2D eigenvalue weighted by molar-refractivity contribution is -0.147. The van der Waals surface area contributed by atoms with Crippen molar-refractivity contribution in [2.24, 2.45) is 5.92 Å². The first-order valence-corrected chi connectivity index (χ1v) is 3.45. The summed E-state index contributed by atoms with van der Waals surface area (Å²) >= 11 is 0. The van der Waals surface area contributed by atoms with Gasteiger partial charge in [0, 0.05) is 12.8 Å². The van der Waals surface area contributed by atoms with Crippen molar-refractivity contribution in [3.05, 3.63) is 0 Å². The van der Waals surface area contributed by atoms with Crippen molar-refractivity contribution < 1.29 is 14.3 Å². The van der Waals surface area contributed by atoms with Crippen LogP contribution in [0.4, 0.5) is 0 Å². The summed E-state index contributed by atoms with van der Waals surface area (Å²) in [6, 6.07) is 0. The van der Waals surface area contributed by atoms with Gasteiger partial charge in [-0.1, -0.05) is 6.92 Å². The van der Waals surface area contributed by atoms with E-state index in [2.05, 4.69) is 0 Å². The summed E-state index contributed by atoms with van der Waals surface area (Å²) in [6.07, 6.45) is -0.0162. The summed E-state index contributed by atoms with van der Waals surface area (Å²) in [7, 11) is 0. The van der Waals surface area contributed by atoms with Crippen LogP contribution in [-0.4, -0.2) is 25.3 Å². The number of hydrogen-bond donors (Lipinski definition) is 0. The molecule has 0 aromatic carbocycles. The SMILES string of the molecule is CC(=O)O[C@H]1COC[C@H]1C. The van der Waals surface area contributed by atoms with Crippen LogP contribution in [0.3, 0.4) is 0 Å². The number of esters is 1. The molecule has 1 aliphatic rings. The molecule has 10 heavy (non-hydrogen) atoms. The van der Waals surface area contributed by atoms with Crippen LogP contribution in [0.15, 0.2) is 0 Å². The highest BCUT2D eigenvalue weighted by atomic mass is 16.6. The van der Waals surface area contributed by atoms with Crippen molar-refractivity contribution in [3.8, 4) is 0 Å². The molecule has 1 aliphatic heterocycles. The molecule has 3 nitrogen and oxygen atoms in total. The Morgan fingerprint density at radius 2 is 2.30 bits per heavy atom. The molecule has 1 heterocycles. The highest BCUT2D eigenvalue weighted by molar-refractivity contribution is 5.66. The maximum atomic E-state index is 10.5. The van der Waals surface area contributed by atoms with E-state index in [1.807, 2.05) is 6.92 Å². The molecule has 0 radical (unpaired) electrons. The van der Waals surface area contributed by atoms with E-state index < -0.39 is 0 Å². The maximum absolute atomic E-state index is 10.5. The molecule has 3 heteroatoms. The van der Waals surface area contributed by atoms with E-state index in [4.69, 9.17) is 9.47 Å². The fourth-order valence-corrected chi connectivity index (χ4v) is 1.01. The standard InChI is InChI=1S/C7H12O3/c1-5-3-9-4-7(5)10-6(2)8/h5,7H,3-4H2,1-2H3/t5-,7+/m1/s1. The highest BCUT2D eigenvalue weighted by Gasteiger charge is 2.26. The minimum atomic E-state index is -0.220. The van der Waals surface area contributed by atoms with Crippen LogP contribution in [0, 0.1) is 5.92 Å². The van der Waals surface area contributed by atoms with Crippen LogP contribution in [0.5, 0.6) is 0 Å². The minimum Gasteiger partial charge on any atom is -0.460 e. The Morgan fingerprint density at radius 1 is 1.60 bits per heavy atom. The van der Waals surface area contributed by atoms with Crippen molar-refractivity contribution >= 4 is 5.97 Å². The van der Waals surface area contributed by atoms with Crippen LogP contribution in [0.25, 0.3) is 0 Å². The molecule has 0 N–H and O–H groups in total. The molecule has 0 bridgehead atoms. The van der Waals surface area contributed by atoms with Crippen LogP contribution in [0.1, 0.15) is 13.8 Å². The second kappa shape index (κ2) is 3.01. The van der Waals surface area contributed by atoms with E-state index >= 15 is 0 Å². The first-order chi connectivity index (χ1) is 4.70. The Bertz CT molecular complexity index is 133. The lowest BCUT2D eigenvalue weighted by Crippen LogP contribution is -2.22. The third-order valence-corrected chi connectivity index (χ3v) is 1.61. The quantitative estimate of drug-likeness (QED) is 0.505. The zero-order valence-corrected chi connectivity index (χ0v) is 6.29. The van der Waals surface area contributed by atoms with E-state index in [9.17, 15) is 4.79 Å². The molecule has 0 aliphatic carbocycles. The molecular formula is C7H12O3. The van der Waals surface area contributed by atoms with Gasteiger partial charge in [-0.3, -0.25) is 4.79 Å². The van der Waals surface area contributed by atoms with E-state index in [0.29, 0.717) is 19.1 Å². The molecule has 0 amide bonds. The predicted octanol–water partition coefficient (Wildman–Crippen LogP) is 0.584. The van der Waals surface area contributed by atoms with Gasteiger partial charge in [0.15, 0.2) is 0 Å². The van der Waals surface area contributed by atoms with Gasteiger partial charge in [0.25, 0.3) is 0 Å². The Kier molecular flexibility index (Phi) is 2.27. The molecule has 1 saturated heterocycles. The topological polar surface area (TPSA) is 35.5 Å². The molecule has 58 valence electrons. The summed E-state index contributed by atoms with van der Waals surface area (Å²) in [4.78, 5) is 10.5. The van der Waals surface area contributed by atoms with E-state index in [1.165, 1.54) is 6.92 Å². The van der Waals surface area contributed by atoms with Crippen molar-refractivity contribution in [1.82, 2.24) is 0 Å². The summed E-state index contributed by atoms with van der Waals surface area (Å²) in [6.45, 7) is 4.70. The number of rotatable bonds is 1. The Hall–Kier alpha value is -0.570. The van der Waals surface area contributed by atoms with Crippen LogP contribution >= 0.6 is 0 Å². The first kappa shape index (κ1) is 7.54. The summed E-state index contributed by atoms with van der Waals surface area (Å²) in [5.41, 5.74) is 0. The van der Waals surface area contributed by atoms with Gasteiger partial charge in [0.1, 0.15) is 6.10 Å². The molecule has 1 rings (SSSR count). The van der Waals surface area contributed by atoms with Crippen molar-refractivity contribution in [2.75, 3.05) is 13.2 Å². The third kappa shape index (κ3) is 1.70. The summed E-state index contributed by atoms with van der Waals surface area (Å²) < 4.78 is 10.1. The highest BCUT2D eigenvalue weighted by Crippen LogP contribution is 2.15. The van der Waals surface area contributed by atoms with E-state index in [1.54, 1.807) is 0 Å². The fourth-order valence-electron chi connectivity index (χ4n) is 1.01. The van der Waals surface area contributed by atoms with Gasteiger partial charge in [-0.15, -0.1) is 0 Å².